The Morgan fingerprint density at radius 2 is 1.73 bits per heavy atom. The molecule has 7 nitrogen and oxygen atoms in total. The maximum absolute atomic E-state index is 12.9. The second-order valence-electron chi connectivity index (χ2n) is 8.39. The standard InChI is InChI=1S/C26H26N2O5/c1-3-17-7-11-19(12-8-17)27-22(29)15-33-26(32)18-9-13-20(14-10-18)28-24(30)21-6-4-5-16(2)23(21)25(28)31/h4-5,7-14,16,21,23H,3,6,15H2,1-2H3,(H,27,29)/t16-,21-,23+/m1/s1. The van der Waals surface area contributed by atoms with Gasteiger partial charge in [0.1, 0.15) is 0 Å². The second-order valence-corrected chi connectivity index (χ2v) is 8.39. The van der Waals surface area contributed by atoms with Crippen LogP contribution in [0.2, 0.25) is 0 Å². The zero-order valence-electron chi connectivity index (χ0n) is 18.6. The summed E-state index contributed by atoms with van der Waals surface area (Å²) >= 11 is 0. The van der Waals surface area contributed by atoms with Crippen molar-refractivity contribution in [2.75, 3.05) is 16.8 Å². The van der Waals surface area contributed by atoms with Crippen molar-refractivity contribution in [2.45, 2.75) is 26.7 Å². The Balaban J connectivity index is 1.35. The van der Waals surface area contributed by atoms with Gasteiger partial charge in [0.2, 0.25) is 11.8 Å². The second kappa shape index (κ2) is 9.40. The Bertz CT molecular complexity index is 1100. The molecule has 1 heterocycles. The number of esters is 1. The number of ether oxygens (including phenoxy) is 1. The van der Waals surface area contributed by atoms with Crippen molar-refractivity contribution in [3.8, 4) is 0 Å². The smallest absolute Gasteiger partial charge is 0.338 e. The molecular weight excluding hydrogens is 420 g/mol. The molecule has 0 radical (unpaired) electrons. The molecule has 33 heavy (non-hydrogen) atoms. The van der Waals surface area contributed by atoms with Crippen molar-refractivity contribution < 1.29 is 23.9 Å². The Labute approximate surface area is 192 Å². The average molecular weight is 447 g/mol. The summed E-state index contributed by atoms with van der Waals surface area (Å²) in [6.07, 6.45) is 5.40. The molecule has 2 aromatic carbocycles. The number of carbonyl (C=O) groups is 4. The highest BCUT2D eigenvalue weighted by Crippen LogP contribution is 2.40. The fourth-order valence-electron chi connectivity index (χ4n) is 4.38. The third-order valence-corrected chi connectivity index (χ3v) is 6.21. The van der Waals surface area contributed by atoms with Crippen LogP contribution >= 0.6 is 0 Å². The molecule has 2 aliphatic rings. The van der Waals surface area contributed by atoms with E-state index in [0.29, 0.717) is 17.8 Å². The zero-order valence-corrected chi connectivity index (χ0v) is 18.6. The van der Waals surface area contributed by atoms with Crippen LogP contribution in [0.25, 0.3) is 0 Å². The van der Waals surface area contributed by atoms with Gasteiger partial charge in [0.25, 0.3) is 5.91 Å². The quantitative estimate of drug-likeness (QED) is 0.415. The number of fused-ring (bicyclic) bond motifs is 1. The van der Waals surface area contributed by atoms with Crippen LogP contribution in [0.15, 0.2) is 60.7 Å². The first kappa shape index (κ1) is 22.5. The number of aryl methyl sites for hydroxylation is 1. The number of imide groups is 1. The summed E-state index contributed by atoms with van der Waals surface area (Å²) in [5.41, 5.74) is 2.44. The maximum atomic E-state index is 12.9. The number of amides is 3. The van der Waals surface area contributed by atoms with Crippen LogP contribution in [0.4, 0.5) is 11.4 Å². The average Bonchev–Trinajstić information content (AvgIpc) is 3.09. The monoisotopic (exact) mass is 446 g/mol. The highest BCUT2D eigenvalue weighted by atomic mass is 16.5. The lowest BCUT2D eigenvalue weighted by molar-refractivity contribution is -0.123. The van der Waals surface area contributed by atoms with E-state index in [2.05, 4.69) is 5.32 Å². The predicted molar refractivity (Wildman–Crippen MR) is 124 cm³/mol. The van der Waals surface area contributed by atoms with Crippen LogP contribution < -0.4 is 10.2 Å². The summed E-state index contributed by atoms with van der Waals surface area (Å²) in [5.74, 6) is -2.19. The molecule has 3 atom stereocenters. The van der Waals surface area contributed by atoms with Gasteiger partial charge in [-0.1, -0.05) is 38.1 Å². The van der Waals surface area contributed by atoms with Crippen LogP contribution in [-0.4, -0.2) is 30.3 Å². The number of hydrogen-bond acceptors (Lipinski definition) is 5. The van der Waals surface area contributed by atoms with Crippen molar-refractivity contribution >= 4 is 35.1 Å². The first-order valence-electron chi connectivity index (χ1n) is 11.1. The van der Waals surface area contributed by atoms with Gasteiger partial charge in [-0.25, -0.2) is 4.79 Å². The summed E-state index contributed by atoms with van der Waals surface area (Å²) in [4.78, 5) is 51.3. The Morgan fingerprint density at radius 3 is 2.36 bits per heavy atom. The largest absolute Gasteiger partial charge is 0.452 e. The number of anilines is 2. The Kier molecular flexibility index (Phi) is 6.40. The number of benzene rings is 2. The molecule has 1 aliphatic carbocycles. The predicted octanol–water partition coefficient (Wildman–Crippen LogP) is 3.75. The van der Waals surface area contributed by atoms with Gasteiger partial charge in [-0.2, -0.15) is 0 Å². The fraction of sp³-hybridized carbons (Fsp3) is 0.308. The van der Waals surface area contributed by atoms with E-state index in [0.717, 1.165) is 12.0 Å². The van der Waals surface area contributed by atoms with E-state index >= 15 is 0 Å². The third kappa shape index (κ3) is 4.58. The number of hydrogen-bond donors (Lipinski definition) is 1. The Morgan fingerprint density at radius 1 is 1.03 bits per heavy atom. The van der Waals surface area contributed by atoms with Crippen LogP contribution in [0, 0.1) is 17.8 Å². The first-order valence-corrected chi connectivity index (χ1v) is 11.1. The van der Waals surface area contributed by atoms with Gasteiger partial charge in [0.05, 0.1) is 23.1 Å². The molecule has 0 spiro atoms. The minimum absolute atomic E-state index is 0.00943. The molecule has 1 N–H and O–H groups in total. The number of rotatable bonds is 6. The normalized spacial score (nSPS) is 21.6. The highest BCUT2D eigenvalue weighted by molar-refractivity contribution is 6.22. The van der Waals surface area contributed by atoms with E-state index in [1.807, 2.05) is 38.1 Å². The summed E-state index contributed by atoms with van der Waals surface area (Å²) in [6.45, 7) is 3.57. The molecule has 4 rings (SSSR count). The zero-order chi connectivity index (χ0) is 23.5. The molecule has 170 valence electrons. The van der Waals surface area contributed by atoms with Gasteiger partial charge in [-0.05, 0) is 60.7 Å². The lowest BCUT2D eigenvalue weighted by Gasteiger charge is -2.22. The van der Waals surface area contributed by atoms with Crippen molar-refractivity contribution in [1.82, 2.24) is 0 Å². The van der Waals surface area contributed by atoms with E-state index in [1.54, 1.807) is 24.3 Å². The van der Waals surface area contributed by atoms with E-state index in [9.17, 15) is 19.2 Å². The van der Waals surface area contributed by atoms with Crippen LogP contribution in [0.1, 0.15) is 36.2 Å². The third-order valence-electron chi connectivity index (χ3n) is 6.21. The highest BCUT2D eigenvalue weighted by Gasteiger charge is 2.50. The van der Waals surface area contributed by atoms with Crippen LogP contribution in [-0.2, 0) is 25.5 Å². The summed E-state index contributed by atoms with van der Waals surface area (Å²) < 4.78 is 5.10. The summed E-state index contributed by atoms with van der Waals surface area (Å²) in [7, 11) is 0. The molecule has 1 saturated heterocycles. The molecule has 0 unspecified atom stereocenters. The van der Waals surface area contributed by atoms with Gasteiger partial charge in [-0.3, -0.25) is 19.3 Å². The summed E-state index contributed by atoms with van der Waals surface area (Å²) in [5, 5.41) is 2.68. The van der Waals surface area contributed by atoms with E-state index in [-0.39, 0.29) is 35.1 Å². The maximum Gasteiger partial charge on any atom is 0.338 e. The lowest BCUT2D eigenvalue weighted by atomic mass is 9.78. The molecular formula is C26H26N2O5. The molecule has 1 aliphatic heterocycles. The van der Waals surface area contributed by atoms with Crippen molar-refractivity contribution in [2.24, 2.45) is 17.8 Å². The molecule has 0 bridgehead atoms. The van der Waals surface area contributed by atoms with Crippen molar-refractivity contribution in [3.63, 3.8) is 0 Å². The number of carbonyl (C=O) groups excluding carboxylic acids is 4. The number of nitrogens with one attached hydrogen (secondary N) is 1. The molecule has 0 saturated carbocycles. The topological polar surface area (TPSA) is 92.8 Å². The van der Waals surface area contributed by atoms with Crippen molar-refractivity contribution in [3.05, 3.63) is 71.8 Å². The minimum Gasteiger partial charge on any atom is -0.452 e. The van der Waals surface area contributed by atoms with Gasteiger partial charge < -0.3 is 10.1 Å². The molecule has 7 heteroatoms. The number of nitrogens with zero attached hydrogens (tertiary/aromatic N) is 1. The van der Waals surface area contributed by atoms with Crippen LogP contribution in [0.5, 0.6) is 0 Å². The van der Waals surface area contributed by atoms with Crippen molar-refractivity contribution in [1.29, 1.82) is 0 Å². The molecule has 1 fully saturated rings. The first-order chi connectivity index (χ1) is 15.9. The lowest BCUT2D eigenvalue weighted by Crippen LogP contribution is -2.31. The minimum atomic E-state index is -0.663. The molecule has 2 aromatic rings. The van der Waals surface area contributed by atoms with Crippen LogP contribution in [0.3, 0.4) is 0 Å². The number of allylic oxidation sites excluding steroid dienone is 2. The molecule has 3 amide bonds. The van der Waals surface area contributed by atoms with E-state index in [1.165, 1.54) is 17.0 Å². The fourth-order valence-corrected chi connectivity index (χ4v) is 4.38. The van der Waals surface area contributed by atoms with Gasteiger partial charge in [-0.15, -0.1) is 0 Å². The molecule has 0 aromatic heterocycles. The van der Waals surface area contributed by atoms with E-state index in [4.69, 9.17) is 4.74 Å². The Hall–Kier alpha value is -3.74. The SMILES string of the molecule is CCc1ccc(NC(=O)COC(=O)c2ccc(N3C(=O)[C@H]4[C@H](C)C=CC[C@H]4C3=O)cc2)cc1. The van der Waals surface area contributed by atoms with E-state index < -0.39 is 18.5 Å². The van der Waals surface area contributed by atoms with Gasteiger partial charge >= 0.3 is 5.97 Å². The van der Waals surface area contributed by atoms with Gasteiger partial charge in [0.15, 0.2) is 6.61 Å². The summed E-state index contributed by atoms with van der Waals surface area (Å²) in [6, 6.07) is 13.5. The van der Waals surface area contributed by atoms with Gasteiger partial charge in [0, 0.05) is 5.69 Å².